The Hall–Kier alpha value is -1.22. The average molecular weight is 259 g/mol. The fraction of sp³-hybridized carbons (Fsp3) is 0.625. The minimum atomic E-state index is 0.663. The molecular weight excluding hydrogens is 238 g/mol. The molecule has 3 aliphatic rings. The van der Waals surface area contributed by atoms with Crippen LogP contribution in [0.3, 0.4) is 0 Å². The van der Waals surface area contributed by atoms with Crippen LogP contribution < -0.4 is 14.8 Å². The van der Waals surface area contributed by atoms with Gasteiger partial charge in [-0.25, -0.2) is 0 Å². The number of ether oxygens (including phenoxy) is 2. The zero-order valence-electron chi connectivity index (χ0n) is 11.2. The van der Waals surface area contributed by atoms with E-state index in [9.17, 15) is 0 Å². The lowest BCUT2D eigenvalue weighted by atomic mass is 10.1. The molecule has 0 spiro atoms. The lowest BCUT2D eigenvalue weighted by Crippen LogP contribution is -2.33. The molecule has 0 bridgehead atoms. The van der Waals surface area contributed by atoms with Gasteiger partial charge in [-0.3, -0.25) is 0 Å². The Balaban J connectivity index is 1.47. The lowest BCUT2D eigenvalue weighted by molar-refractivity contribution is 0.169. The van der Waals surface area contributed by atoms with Gasteiger partial charge in [0.2, 0.25) is 0 Å². The van der Waals surface area contributed by atoms with Gasteiger partial charge in [-0.15, -0.1) is 0 Å². The third kappa shape index (κ3) is 2.44. The van der Waals surface area contributed by atoms with Gasteiger partial charge in [-0.2, -0.15) is 0 Å². The van der Waals surface area contributed by atoms with Crippen molar-refractivity contribution in [2.75, 3.05) is 13.2 Å². The van der Waals surface area contributed by atoms with E-state index in [1.807, 2.05) is 6.07 Å². The first-order valence-corrected chi connectivity index (χ1v) is 7.53. The van der Waals surface area contributed by atoms with Crippen LogP contribution in [0, 0.1) is 11.8 Å². The van der Waals surface area contributed by atoms with Gasteiger partial charge in [0.1, 0.15) is 13.2 Å². The molecule has 1 N–H and O–H groups in total. The number of nitrogens with one attached hydrogen (secondary N) is 1. The second kappa shape index (κ2) is 4.71. The molecule has 2 aliphatic carbocycles. The van der Waals surface area contributed by atoms with Crippen molar-refractivity contribution < 1.29 is 9.47 Å². The predicted molar refractivity (Wildman–Crippen MR) is 73.5 cm³/mol. The van der Waals surface area contributed by atoms with Crippen LogP contribution in [0.15, 0.2) is 18.2 Å². The van der Waals surface area contributed by atoms with E-state index in [0.717, 1.165) is 35.9 Å². The Kier molecular flexibility index (Phi) is 2.87. The normalized spacial score (nSPS) is 21.7. The largest absolute Gasteiger partial charge is 0.486 e. The molecule has 0 unspecified atom stereocenters. The topological polar surface area (TPSA) is 30.5 Å². The maximum atomic E-state index is 5.77. The van der Waals surface area contributed by atoms with E-state index in [0.29, 0.717) is 13.2 Å². The minimum Gasteiger partial charge on any atom is -0.486 e. The third-order valence-electron chi connectivity index (χ3n) is 4.44. The molecule has 2 fully saturated rings. The van der Waals surface area contributed by atoms with E-state index in [-0.39, 0.29) is 0 Å². The quantitative estimate of drug-likeness (QED) is 0.882. The zero-order valence-corrected chi connectivity index (χ0v) is 11.2. The van der Waals surface area contributed by atoms with Crippen LogP contribution >= 0.6 is 0 Å². The standard InChI is InChI=1S/C16H21NO2/c1-2-13(16-14(3-1)18-8-9-19-16)10-17-15(11-4-5-11)12-6-7-12/h1-3,11-12,15,17H,4-10H2. The van der Waals surface area contributed by atoms with Crippen molar-refractivity contribution >= 4 is 0 Å². The molecular formula is C16H21NO2. The Morgan fingerprint density at radius 2 is 1.79 bits per heavy atom. The molecule has 4 rings (SSSR count). The van der Waals surface area contributed by atoms with Crippen molar-refractivity contribution in [3.63, 3.8) is 0 Å². The van der Waals surface area contributed by atoms with Crippen LogP contribution in [-0.4, -0.2) is 19.3 Å². The number of hydrogen-bond acceptors (Lipinski definition) is 3. The molecule has 1 aromatic carbocycles. The van der Waals surface area contributed by atoms with Gasteiger partial charge in [0.25, 0.3) is 0 Å². The van der Waals surface area contributed by atoms with Crippen molar-refractivity contribution in [3.05, 3.63) is 23.8 Å². The highest BCUT2D eigenvalue weighted by Crippen LogP contribution is 2.45. The number of fused-ring (bicyclic) bond motifs is 1. The van der Waals surface area contributed by atoms with Gasteiger partial charge in [-0.05, 0) is 43.6 Å². The molecule has 0 atom stereocenters. The van der Waals surface area contributed by atoms with Crippen LogP contribution in [0.5, 0.6) is 11.5 Å². The van der Waals surface area contributed by atoms with Crippen molar-refractivity contribution in [1.82, 2.24) is 5.32 Å². The van der Waals surface area contributed by atoms with Gasteiger partial charge in [0.15, 0.2) is 11.5 Å². The Morgan fingerprint density at radius 1 is 1.05 bits per heavy atom. The summed E-state index contributed by atoms with van der Waals surface area (Å²) in [4.78, 5) is 0. The first kappa shape index (κ1) is 11.6. The summed E-state index contributed by atoms with van der Waals surface area (Å²) >= 11 is 0. The van der Waals surface area contributed by atoms with Crippen LogP contribution in [0.1, 0.15) is 31.2 Å². The smallest absolute Gasteiger partial charge is 0.165 e. The van der Waals surface area contributed by atoms with E-state index >= 15 is 0 Å². The number of para-hydroxylation sites is 1. The highest BCUT2D eigenvalue weighted by Gasteiger charge is 2.41. The Labute approximate surface area is 114 Å². The first-order chi connectivity index (χ1) is 9.42. The summed E-state index contributed by atoms with van der Waals surface area (Å²) < 4.78 is 11.4. The monoisotopic (exact) mass is 259 g/mol. The lowest BCUT2D eigenvalue weighted by Gasteiger charge is -2.23. The molecule has 3 nitrogen and oxygen atoms in total. The highest BCUT2D eigenvalue weighted by atomic mass is 16.6. The van der Waals surface area contributed by atoms with Crippen molar-refractivity contribution in [1.29, 1.82) is 0 Å². The maximum absolute atomic E-state index is 5.77. The molecule has 102 valence electrons. The molecule has 19 heavy (non-hydrogen) atoms. The van der Waals surface area contributed by atoms with E-state index in [1.54, 1.807) is 0 Å². The number of hydrogen-bond donors (Lipinski definition) is 1. The second-order valence-corrected chi connectivity index (χ2v) is 6.02. The van der Waals surface area contributed by atoms with Crippen molar-refractivity contribution in [2.45, 2.75) is 38.3 Å². The number of benzene rings is 1. The molecule has 0 aromatic heterocycles. The predicted octanol–water partition coefficient (Wildman–Crippen LogP) is 2.74. The van der Waals surface area contributed by atoms with Crippen LogP contribution in [-0.2, 0) is 6.54 Å². The molecule has 0 saturated heterocycles. The maximum Gasteiger partial charge on any atom is 0.165 e. The molecule has 3 heteroatoms. The summed E-state index contributed by atoms with van der Waals surface area (Å²) in [5.41, 5.74) is 1.24. The van der Waals surface area contributed by atoms with Crippen LogP contribution in [0.4, 0.5) is 0 Å². The van der Waals surface area contributed by atoms with Gasteiger partial charge >= 0.3 is 0 Å². The molecule has 1 aromatic rings. The van der Waals surface area contributed by atoms with Crippen LogP contribution in [0.25, 0.3) is 0 Å². The molecule has 2 saturated carbocycles. The minimum absolute atomic E-state index is 0.663. The van der Waals surface area contributed by atoms with Gasteiger partial charge in [-0.1, -0.05) is 12.1 Å². The summed E-state index contributed by atoms with van der Waals surface area (Å²) in [6.45, 7) is 2.24. The zero-order chi connectivity index (χ0) is 12.7. The van der Waals surface area contributed by atoms with E-state index in [4.69, 9.17) is 9.47 Å². The third-order valence-corrected chi connectivity index (χ3v) is 4.44. The van der Waals surface area contributed by atoms with Gasteiger partial charge < -0.3 is 14.8 Å². The van der Waals surface area contributed by atoms with Crippen molar-refractivity contribution in [2.24, 2.45) is 11.8 Å². The fourth-order valence-corrected chi connectivity index (χ4v) is 3.13. The molecule has 1 heterocycles. The molecule has 1 aliphatic heterocycles. The summed E-state index contributed by atoms with van der Waals surface area (Å²) in [7, 11) is 0. The van der Waals surface area contributed by atoms with Gasteiger partial charge in [0.05, 0.1) is 0 Å². The average Bonchev–Trinajstić information content (AvgIpc) is 3.33. The summed E-state index contributed by atoms with van der Waals surface area (Å²) in [6.07, 6.45) is 5.67. The highest BCUT2D eigenvalue weighted by molar-refractivity contribution is 5.47. The van der Waals surface area contributed by atoms with E-state index < -0.39 is 0 Å². The Morgan fingerprint density at radius 3 is 2.53 bits per heavy atom. The summed E-state index contributed by atoms with van der Waals surface area (Å²) in [5.74, 6) is 3.72. The van der Waals surface area contributed by atoms with E-state index in [2.05, 4.69) is 17.4 Å². The van der Waals surface area contributed by atoms with Crippen LogP contribution in [0.2, 0.25) is 0 Å². The Bertz CT molecular complexity index is 454. The SMILES string of the molecule is c1cc(CNC(C2CC2)C2CC2)c2c(c1)OCCO2. The molecule has 0 amide bonds. The summed E-state index contributed by atoms with van der Waals surface area (Å²) in [6, 6.07) is 6.95. The first-order valence-electron chi connectivity index (χ1n) is 7.53. The summed E-state index contributed by atoms with van der Waals surface area (Å²) in [5, 5.41) is 3.77. The second-order valence-electron chi connectivity index (χ2n) is 6.02. The molecule has 0 radical (unpaired) electrons. The van der Waals surface area contributed by atoms with Crippen molar-refractivity contribution in [3.8, 4) is 11.5 Å². The van der Waals surface area contributed by atoms with Gasteiger partial charge in [0, 0.05) is 18.2 Å². The number of rotatable bonds is 5. The fourth-order valence-electron chi connectivity index (χ4n) is 3.13. The van der Waals surface area contributed by atoms with E-state index in [1.165, 1.54) is 31.2 Å².